The molecule has 1 heterocycles. The second kappa shape index (κ2) is 5.02. The zero-order chi connectivity index (χ0) is 11.7. The molecule has 2 N–H and O–H groups in total. The molecule has 0 unspecified atom stereocenters. The van der Waals surface area contributed by atoms with Crippen LogP contribution in [0.5, 0.6) is 5.75 Å². The summed E-state index contributed by atoms with van der Waals surface area (Å²) in [7, 11) is 0. The molecule has 92 valence electrons. The highest BCUT2D eigenvalue weighted by Crippen LogP contribution is 2.23. The molecule has 3 heteroatoms. The first-order valence-electron chi connectivity index (χ1n) is 5.79. The fraction of sp³-hybridized carbons (Fsp3) is 0.133. The van der Waals surface area contributed by atoms with Crippen LogP contribution in [0.1, 0.15) is 6.92 Å². The van der Waals surface area contributed by atoms with Gasteiger partial charge in [-0.3, -0.25) is 0 Å². The van der Waals surface area contributed by atoms with Crippen LogP contribution in [0.25, 0.3) is 21.8 Å². The number of pyridine rings is 1. The highest BCUT2D eigenvalue weighted by molar-refractivity contribution is 5.93. The van der Waals surface area contributed by atoms with Crippen molar-refractivity contribution in [3.8, 4) is 5.75 Å². The molecule has 0 atom stereocenters. The van der Waals surface area contributed by atoms with Crippen molar-refractivity contribution in [1.29, 1.82) is 0 Å². The van der Waals surface area contributed by atoms with Gasteiger partial charge in [-0.2, -0.15) is 0 Å². The van der Waals surface area contributed by atoms with Gasteiger partial charge in [0.15, 0.2) is 0 Å². The fourth-order valence-electron chi connectivity index (χ4n) is 2.02. The van der Waals surface area contributed by atoms with Gasteiger partial charge in [-0.15, -0.1) is 0 Å². The number of nitrogens with zero attached hydrogens (tertiary/aromatic N) is 1. The number of fused-ring (bicyclic) bond motifs is 2. The predicted octanol–water partition coefficient (Wildman–Crippen LogP) is 2.96. The van der Waals surface area contributed by atoms with E-state index in [1.54, 1.807) is 0 Å². The molecule has 3 nitrogen and oxygen atoms in total. The van der Waals surface area contributed by atoms with Crippen molar-refractivity contribution in [3.05, 3.63) is 48.5 Å². The number of aromatic nitrogens is 1. The van der Waals surface area contributed by atoms with E-state index < -0.39 is 0 Å². The molecule has 0 aliphatic heterocycles. The number of benzene rings is 2. The van der Waals surface area contributed by atoms with Gasteiger partial charge in [0.05, 0.1) is 17.6 Å². The quantitative estimate of drug-likeness (QED) is 0.648. The van der Waals surface area contributed by atoms with Gasteiger partial charge in [-0.25, -0.2) is 4.98 Å². The second-order valence-corrected chi connectivity index (χ2v) is 3.97. The van der Waals surface area contributed by atoms with Gasteiger partial charge >= 0.3 is 0 Å². The number of rotatable bonds is 2. The molecular formula is C15H15NO2. The van der Waals surface area contributed by atoms with Crippen molar-refractivity contribution < 1.29 is 10.2 Å². The first kappa shape index (κ1) is 12.3. The molecule has 0 fully saturated rings. The van der Waals surface area contributed by atoms with E-state index in [2.05, 4.69) is 17.1 Å². The Morgan fingerprint density at radius 2 is 1.72 bits per heavy atom. The van der Waals surface area contributed by atoms with Gasteiger partial charge in [0, 0.05) is 10.8 Å². The largest absolute Gasteiger partial charge is 0.494 e. The van der Waals surface area contributed by atoms with Crippen LogP contribution in [-0.4, -0.2) is 17.1 Å². The summed E-state index contributed by atoms with van der Waals surface area (Å²) in [6.45, 7) is 2.68. The van der Waals surface area contributed by atoms with Gasteiger partial charge in [-0.1, -0.05) is 18.2 Å². The Hall–Kier alpha value is -2.13. The third kappa shape index (κ3) is 2.13. The summed E-state index contributed by atoms with van der Waals surface area (Å²) in [6, 6.07) is 16.3. The van der Waals surface area contributed by atoms with E-state index in [4.69, 9.17) is 4.74 Å². The monoisotopic (exact) mass is 241 g/mol. The molecule has 0 aliphatic carbocycles. The van der Waals surface area contributed by atoms with Crippen molar-refractivity contribution in [3.63, 3.8) is 0 Å². The molecular weight excluding hydrogens is 226 g/mol. The van der Waals surface area contributed by atoms with E-state index in [9.17, 15) is 0 Å². The van der Waals surface area contributed by atoms with Gasteiger partial charge in [0.2, 0.25) is 0 Å². The average Bonchev–Trinajstić information content (AvgIpc) is 2.36. The molecule has 0 saturated heterocycles. The number of para-hydroxylation sites is 1. The first-order valence-corrected chi connectivity index (χ1v) is 5.79. The highest BCUT2D eigenvalue weighted by atomic mass is 16.5. The number of ether oxygens (including phenoxy) is 1. The fourth-order valence-corrected chi connectivity index (χ4v) is 2.02. The predicted molar refractivity (Wildman–Crippen MR) is 74.0 cm³/mol. The number of hydrogen-bond donors (Lipinski definition) is 0. The van der Waals surface area contributed by atoms with Crippen LogP contribution in [-0.2, 0) is 0 Å². The van der Waals surface area contributed by atoms with Crippen molar-refractivity contribution in [2.24, 2.45) is 0 Å². The Morgan fingerprint density at radius 1 is 0.944 bits per heavy atom. The third-order valence-electron chi connectivity index (χ3n) is 2.80. The summed E-state index contributed by atoms with van der Waals surface area (Å²) in [5, 5.41) is 2.28. The molecule has 18 heavy (non-hydrogen) atoms. The van der Waals surface area contributed by atoms with E-state index in [1.807, 2.05) is 43.3 Å². The molecule has 3 aromatic rings. The van der Waals surface area contributed by atoms with Crippen LogP contribution >= 0.6 is 0 Å². The third-order valence-corrected chi connectivity index (χ3v) is 2.80. The van der Waals surface area contributed by atoms with E-state index >= 15 is 0 Å². The summed E-state index contributed by atoms with van der Waals surface area (Å²) < 4.78 is 5.50. The lowest BCUT2D eigenvalue weighted by Crippen LogP contribution is -1.91. The zero-order valence-corrected chi connectivity index (χ0v) is 10.2. The van der Waals surface area contributed by atoms with E-state index in [0.717, 1.165) is 27.6 Å². The molecule has 0 aliphatic rings. The Morgan fingerprint density at radius 3 is 2.56 bits per heavy atom. The lowest BCUT2D eigenvalue weighted by Gasteiger charge is -2.05. The smallest absolute Gasteiger partial charge is 0.120 e. The Kier molecular flexibility index (Phi) is 3.44. The topological polar surface area (TPSA) is 53.6 Å². The maximum Gasteiger partial charge on any atom is 0.120 e. The van der Waals surface area contributed by atoms with Crippen molar-refractivity contribution in [2.45, 2.75) is 6.92 Å². The van der Waals surface area contributed by atoms with Gasteiger partial charge in [0.1, 0.15) is 5.75 Å². The summed E-state index contributed by atoms with van der Waals surface area (Å²) in [5.41, 5.74) is 2.04. The molecule has 1 aromatic heterocycles. The van der Waals surface area contributed by atoms with Gasteiger partial charge in [0.25, 0.3) is 0 Å². The molecule has 0 bridgehead atoms. The minimum atomic E-state index is 0. The maximum absolute atomic E-state index is 5.50. The Bertz CT molecular complexity index is 679. The zero-order valence-electron chi connectivity index (χ0n) is 10.2. The first-order chi connectivity index (χ1) is 8.36. The van der Waals surface area contributed by atoms with E-state index in [0.29, 0.717) is 6.61 Å². The molecule has 0 amide bonds. The molecule has 0 saturated carbocycles. The standard InChI is InChI=1S/C15H13NO.H2O/c1-2-17-13-7-8-15-12(10-13)9-11-5-3-4-6-14(11)16-15;/h3-10H,2H2,1H3;1H2. The molecule has 2 aromatic carbocycles. The van der Waals surface area contributed by atoms with Crippen molar-refractivity contribution in [1.82, 2.24) is 4.98 Å². The summed E-state index contributed by atoms with van der Waals surface area (Å²) in [5.74, 6) is 0.900. The summed E-state index contributed by atoms with van der Waals surface area (Å²) in [4.78, 5) is 4.62. The molecule has 0 spiro atoms. The van der Waals surface area contributed by atoms with E-state index in [-0.39, 0.29) is 5.48 Å². The lowest BCUT2D eigenvalue weighted by molar-refractivity contribution is 0.340. The summed E-state index contributed by atoms with van der Waals surface area (Å²) in [6.07, 6.45) is 0. The summed E-state index contributed by atoms with van der Waals surface area (Å²) >= 11 is 0. The Labute approximate surface area is 105 Å². The lowest BCUT2D eigenvalue weighted by atomic mass is 10.1. The van der Waals surface area contributed by atoms with Crippen LogP contribution in [0.3, 0.4) is 0 Å². The van der Waals surface area contributed by atoms with E-state index in [1.165, 1.54) is 0 Å². The molecule has 0 radical (unpaired) electrons. The van der Waals surface area contributed by atoms with Crippen LogP contribution in [0.2, 0.25) is 0 Å². The molecule has 3 rings (SSSR count). The van der Waals surface area contributed by atoms with Crippen molar-refractivity contribution >= 4 is 21.8 Å². The van der Waals surface area contributed by atoms with Crippen LogP contribution < -0.4 is 4.74 Å². The minimum absolute atomic E-state index is 0. The minimum Gasteiger partial charge on any atom is -0.494 e. The van der Waals surface area contributed by atoms with Crippen LogP contribution in [0.15, 0.2) is 48.5 Å². The second-order valence-electron chi connectivity index (χ2n) is 3.97. The highest BCUT2D eigenvalue weighted by Gasteiger charge is 2.00. The average molecular weight is 241 g/mol. The number of hydrogen-bond acceptors (Lipinski definition) is 2. The van der Waals surface area contributed by atoms with Crippen molar-refractivity contribution in [2.75, 3.05) is 6.61 Å². The maximum atomic E-state index is 5.50. The van der Waals surface area contributed by atoms with Gasteiger partial charge in [-0.05, 0) is 37.3 Å². The SMILES string of the molecule is CCOc1ccc2nc3ccccc3cc2c1.O. The van der Waals surface area contributed by atoms with Crippen LogP contribution in [0.4, 0.5) is 0 Å². The Balaban J connectivity index is 0.00000120. The van der Waals surface area contributed by atoms with Gasteiger partial charge < -0.3 is 10.2 Å². The van der Waals surface area contributed by atoms with Crippen LogP contribution in [0, 0.1) is 0 Å². The normalized spacial score (nSPS) is 10.3.